The molecule has 0 fully saturated rings. The standard InChI is InChI=1S/C14H8Cl2F2N2/c15-7-14-19-11-3-1-9(18)6-13(11)20(14)12-4-2-8(17)5-10(12)16/h1-6H,7H2. The maximum absolute atomic E-state index is 13.4. The summed E-state index contributed by atoms with van der Waals surface area (Å²) in [7, 11) is 0. The lowest BCUT2D eigenvalue weighted by Gasteiger charge is -2.10. The van der Waals surface area contributed by atoms with E-state index >= 15 is 0 Å². The van der Waals surface area contributed by atoms with Gasteiger partial charge in [0.2, 0.25) is 0 Å². The molecule has 0 atom stereocenters. The van der Waals surface area contributed by atoms with E-state index in [9.17, 15) is 8.78 Å². The van der Waals surface area contributed by atoms with Crippen LogP contribution in [0.15, 0.2) is 36.4 Å². The number of benzene rings is 2. The normalized spacial score (nSPS) is 11.2. The van der Waals surface area contributed by atoms with Gasteiger partial charge in [-0.05, 0) is 30.3 Å². The van der Waals surface area contributed by atoms with Gasteiger partial charge in [0, 0.05) is 6.07 Å². The van der Waals surface area contributed by atoms with Crippen molar-refractivity contribution in [3.05, 3.63) is 58.9 Å². The number of fused-ring (bicyclic) bond motifs is 1. The van der Waals surface area contributed by atoms with Gasteiger partial charge in [-0.15, -0.1) is 11.6 Å². The van der Waals surface area contributed by atoms with Crippen LogP contribution in [-0.4, -0.2) is 9.55 Å². The zero-order valence-electron chi connectivity index (χ0n) is 10.1. The molecule has 3 rings (SSSR count). The van der Waals surface area contributed by atoms with E-state index < -0.39 is 11.6 Å². The van der Waals surface area contributed by atoms with Gasteiger partial charge >= 0.3 is 0 Å². The van der Waals surface area contributed by atoms with E-state index in [1.165, 1.54) is 30.3 Å². The molecule has 0 aliphatic rings. The fraction of sp³-hybridized carbons (Fsp3) is 0.0714. The van der Waals surface area contributed by atoms with Crippen LogP contribution in [0.3, 0.4) is 0 Å². The van der Waals surface area contributed by atoms with Gasteiger partial charge in [0.15, 0.2) is 0 Å². The molecule has 0 saturated heterocycles. The fourth-order valence-electron chi connectivity index (χ4n) is 2.12. The molecular formula is C14H8Cl2F2N2. The summed E-state index contributed by atoms with van der Waals surface area (Å²) < 4.78 is 28.2. The van der Waals surface area contributed by atoms with Gasteiger partial charge in [0.25, 0.3) is 0 Å². The third kappa shape index (κ3) is 2.15. The molecule has 0 radical (unpaired) electrons. The molecule has 0 bridgehead atoms. The first kappa shape index (κ1) is 13.3. The molecule has 0 aliphatic carbocycles. The van der Waals surface area contributed by atoms with E-state index in [0.717, 1.165) is 0 Å². The topological polar surface area (TPSA) is 17.8 Å². The predicted molar refractivity (Wildman–Crippen MR) is 75.6 cm³/mol. The number of hydrogen-bond donors (Lipinski definition) is 0. The van der Waals surface area contributed by atoms with Gasteiger partial charge in [-0.2, -0.15) is 0 Å². The lowest BCUT2D eigenvalue weighted by atomic mass is 10.2. The average molecular weight is 313 g/mol. The molecule has 1 heterocycles. The Labute approximate surface area is 123 Å². The Balaban J connectivity index is 2.36. The molecule has 3 aromatic rings. The third-order valence-corrected chi connectivity index (χ3v) is 3.50. The van der Waals surface area contributed by atoms with Crippen LogP contribution < -0.4 is 0 Å². The zero-order chi connectivity index (χ0) is 14.3. The van der Waals surface area contributed by atoms with E-state index in [1.54, 1.807) is 10.6 Å². The Morgan fingerprint density at radius 2 is 1.75 bits per heavy atom. The lowest BCUT2D eigenvalue weighted by molar-refractivity contribution is 0.626. The fourth-order valence-corrected chi connectivity index (χ4v) is 2.55. The van der Waals surface area contributed by atoms with Crippen molar-refractivity contribution in [1.29, 1.82) is 0 Å². The molecular weight excluding hydrogens is 305 g/mol. The van der Waals surface area contributed by atoms with Crippen molar-refractivity contribution in [3.63, 3.8) is 0 Å². The quantitative estimate of drug-likeness (QED) is 0.627. The molecule has 0 aliphatic heterocycles. The van der Waals surface area contributed by atoms with Gasteiger partial charge in [-0.3, -0.25) is 4.57 Å². The minimum atomic E-state index is -0.443. The van der Waals surface area contributed by atoms with Gasteiger partial charge in [0.05, 0.1) is 27.6 Å². The van der Waals surface area contributed by atoms with E-state index in [4.69, 9.17) is 23.2 Å². The van der Waals surface area contributed by atoms with E-state index in [2.05, 4.69) is 4.98 Å². The van der Waals surface area contributed by atoms with Crippen LogP contribution in [0.25, 0.3) is 16.7 Å². The molecule has 1 aromatic heterocycles. The molecule has 0 spiro atoms. The second-order valence-corrected chi connectivity index (χ2v) is 4.90. The molecule has 0 amide bonds. The van der Waals surface area contributed by atoms with Crippen LogP contribution in [0.4, 0.5) is 8.78 Å². The second-order valence-electron chi connectivity index (χ2n) is 4.23. The molecule has 6 heteroatoms. The highest BCUT2D eigenvalue weighted by molar-refractivity contribution is 6.32. The van der Waals surface area contributed by atoms with Crippen LogP contribution in [0.2, 0.25) is 5.02 Å². The monoisotopic (exact) mass is 312 g/mol. The molecule has 0 saturated carbocycles. The first-order valence-corrected chi connectivity index (χ1v) is 6.69. The average Bonchev–Trinajstić information content (AvgIpc) is 2.76. The van der Waals surface area contributed by atoms with Gasteiger partial charge < -0.3 is 0 Å². The molecule has 0 N–H and O–H groups in total. The number of rotatable bonds is 2. The largest absolute Gasteiger partial charge is 0.294 e. The first-order chi connectivity index (χ1) is 9.60. The number of imidazole rings is 1. The van der Waals surface area contributed by atoms with Crippen molar-refractivity contribution in [2.45, 2.75) is 5.88 Å². The van der Waals surface area contributed by atoms with Gasteiger partial charge in [-0.25, -0.2) is 13.8 Å². The van der Waals surface area contributed by atoms with E-state index in [0.29, 0.717) is 22.5 Å². The van der Waals surface area contributed by atoms with Gasteiger partial charge in [-0.1, -0.05) is 11.6 Å². The Morgan fingerprint density at radius 1 is 1.05 bits per heavy atom. The number of halogens is 4. The van der Waals surface area contributed by atoms with Crippen LogP contribution in [-0.2, 0) is 5.88 Å². The lowest BCUT2D eigenvalue weighted by Crippen LogP contribution is -2.00. The molecule has 0 unspecified atom stereocenters. The molecule has 20 heavy (non-hydrogen) atoms. The van der Waals surface area contributed by atoms with Crippen molar-refractivity contribution in [2.24, 2.45) is 0 Å². The summed E-state index contributed by atoms with van der Waals surface area (Å²) in [5.41, 5.74) is 1.65. The SMILES string of the molecule is Fc1ccc(-n2c(CCl)nc3ccc(F)cc32)c(Cl)c1. The smallest absolute Gasteiger partial charge is 0.129 e. The summed E-state index contributed by atoms with van der Waals surface area (Å²) in [4.78, 5) is 4.32. The molecule has 2 aromatic carbocycles. The summed E-state index contributed by atoms with van der Waals surface area (Å²) in [6.45, 7) is 0. The highest BCUT2D eigenvalue weighted by atomic mass is 35.5. The second kappa shape index (κ2) is 5.04. The van der Waals surface area contributed by atoms with Crippen molar-refractivity contribution in [3.8, 4) is 5.69 Å². The molecule has 102 valence electrons. The number of aromatic nitrogens is 2. The highest BCUT2D eigenvalue weighted by Crippen LogP contribution is 2.28. The number of alkyl halides is 1. The highest BCUT2D eigenvalue weighted by Gasteiger charge is 2.15. The summed E-state index contributed by atoms with van der Waals surface area (Å²) in [6, 6.07) is 8.22. The summed E-state index contributed by atoms with van der Waals surface area (Å²) >= 11 is 11.9. The zero-order valence-corrected chi connectivity index (χ0v) is 11.6. The third-order valence-electron chi connectivity index (χ3n) is 2.96. The van der Waals surface area contributed by atoms with Crippen molar-refractivity contribution < 1.29 is 8.78 Å². The minimum absolute atomic E-state index is 0.129. The van der Waals surface area contributed by atoms with E-state index in [1.807, 2.05) is 0 Å². The van der Waals surface area contributed by atoms with Crippen LogP contribution >= 0.6 is 23.2 Å². The summed E-state index contributed by atoms with van der Waals surface area (Å²) in [5.74, 6) is -0.190. The van der Waals surface area contributed by atoms with Crippen molar-refractivity contribution in [2.75, 3.05) is 0 Å². The van der Waals surface area contributed by atoms with E-state index in [-0.39, 0.29) is 10.9 Å². The minimum Gasteiger partial charge on any atom is -0.294 e. The van der Waals surface area contributed by atoms with Crippen molar-refractivity contribution >= 4 is 34.2 Å². The van der Waals surface area contributed by atoms with Crippen LogP contribution in [0, 0.1) is 11.6 Å². The Morgan fingerprint density at radius 3 is 2.45 bits per heavy atom. The van der Waals surface area contributed by atoms with Gasteiger partial charge in [0.1, 0.15) is 17.5 Å². The maximum atomic E-state index is 13.4. The molecule has 2 nitrogen and oxygen atoms in total. The Bertz CT molecular complexity index is 799. The summed E-state index contributed by atoms with van der Waals surface area (Å²) in [6.07, 6.45) is 0. The van der Waals surface area contributed by atoms with Crippen LogP contribution in [0.1, 0.15) is 5.82 Å². The maximum Gasteiger partial charge on any atom is 0.129 e. The Kier molecular flexibility index (Phi) is 3.36. The summed E-state index contributed by atoms with van der Waals surface area (Å²) in [5, 5.41) is 0.208. The number of hydrogen-bond acceptors (Lipinski definition) is 1. The van der Waals surface area contributed by atoms with Crippen LogP contribution in [0.5, 0.6) is 0 Å². The predicted octanol–water partition coefficient (Wildman–Crippen LogP) is 4.70. The Hall–Kier alpha value is -1.65. The number of nitrogens with zero attached hydrogens (tertiary/aromatic N) is 2. The van der Waals surface area contributed by atoms with Crippen molar-refractivity contribution in [1.82, 2.24) is 9.55 Å². The first-order valence-electron chi connectivity index (χ1n) is 5.78.